The molecule has 0 saturated carbocycles. The number of nitrogens with two attached hydrogens (primary N) is 1. The van der Waals surface area contributed by atoms with Gasteiger partial charge in [-0.25, -0.2) is 0 Å². The van der Waals surface area contributed by atoms with E-state index in [0.717, 1.165) is 12.8 Å². The Morgan fingerprint density at radius 3 is 2.84 bits per heavy atom. The minimum absolute atomic E-state index is 0.0129. The third-order valence-corrected chi connectivity index (χ3v) is 3.32. The maximum Gasteiger partial charge on any atom is 0.257 e. The minimum Gasteiger partial charge on any atom is -0.482 e. The van der Waals surface area contributed by atoms with Crippen LogP contribution in [0.2, 0.25) is 0 Å². The third-order valence-electron chi connectivity index (χ3n) is 2.63. The monoisotopic (exact) mass is 282 g/mol. The number of unbranched alkanes of at least 4 members (excludes halogenated alkanes) is 2. The highest BCUT2D eigenvalue weighted by molar-refractivity contribution is 7.98. The van der Waals surface area contributed by atoms with Crippen LogP contribution in [0.5, 0.6) is 5.75 Å². The molecule has 3 N–H and O–H groups in total. The SMILES string of the molecule is CSCCCCCNC(=O)COc1ccccc1N. The number of carbonyl (C=O) groups excluding carboxylic acids is 1. The first-order valence-corrected chi connectivity index (χ1v) is 7.86. The number of nitrogens with one attached hydrogen (secondary N) is 1. The topological polar surface area (TPSA) is 64.3 Å². The van der Waals surface area contributed by atoms with E-state index in [4.69, 9.17) is 10.5 Å². The molecular formula is C14H22N2O2S. The number of para-hydroxylation sites is 2. The van der Waals surface area contributed by atoms with Crippen LogP contribution in [-0.4, -0.2) is 31.1 Å². The predicted octanol–water partition coefficient (Wildman–Crippen LogP) is 2.30. The average molecular weight is 282 g/mol. The van der Waals surface area contributed by atoms with E-state index < -0.39 is 0 Å². The second-order valence-electron chi connectivity index (χ2n) is 4.23. The van der Waals surface area contributed by atoms with Gasteiger partial charge >= 0.3 is 0 Å². The van der Waals surface area contributed by atoms with E-state index in [1.165, 1.54) is 12.2 Å². The predicted molar refractivity (Wildman–Crippen MR) is 81.6 cm³/mol. The van der Waals surface area contributed by atoms with Crippen molar-refractivity contribution in [3.8, 4) is 5.75 Å². The molecule has 0 saturated heterocycles. The first-order valence-electron chi connectivity index (χ1n) is 6.47. The quantitative estimate of drug-likeness (QED) is 0.539. The van der Waals surface area contributed by atoms with Crippen molar-refractivity contribution in [2.45, 2.75) is 19.3 Å². The number of ether oxygens (including phenoxy) is 1. The molecule has 0 aliphatic heterocycles. The average Bonchev–Trinajstić information content (AvgIpc) is 2.42. The lowest BCUT2D eigenvalue weighted by Gasteiger charge is -2.09. The van der Waals surface area contributed by atoms with Crippen LogP contribution in [0.25, 0.3) is 0 Å². The number of anilines is 1. The van der Waals surface area contributed by atoms with Gasteiger partial charge in [0.2, 0.25) is 0 Å². The van der Waals surface area contributed by atoms with Crippen LogP contribution in [0.15, 0.2) is 24.3 Å². The molecule has 0 bridgehead atoms. The van der Waals surface area contributed by atoms with E-state index in [9.17, 15) is 4.79 Å². The van der Waals surface area contributed by atoms with Crippen molar-refractivity contribution in [1.82, 2.24) is 5.32 Å². The molecule has 4 nitrogen and oxygen atoms in total. The van der Waals surface area contributed by atoms with Crippen molar-refractivity contribution in [1.29, 1.82) is 0 Å². The van der Waals surface area contributed by atoms with Gasteiger partial charge in [-0.2, -0.15) is 11.8 Å². The van der Waals surface area contributed by atoms with Crippen LogP contribution in [0.1, 0.15) is 19.3 Å². The number of amides is 1. The van der Waals surface area contributed by atoms with Gasteiger partial charge in [0, 0.05) is 6.54 Å². The second-order valence-corrected chi connectivity index (χ2v) is 5.22. The fourth-order valence-corrected chi connectivity index (χ4v) is 2.08. The highest BCUT2D eigenvalue weighted by Gasteiger charge is 2.03. The molecular weight excluding hydrogens is 260 g/mol. The van der Waals surface area contributed by atoms with E-state index >= 15 is 0 Å². The summed E-state index contributed by atoms with van der Waals surface area (Å²) < 4.78 is 5.35. The Bertz CT molecular complexity index is 385. The standard InChI is InChI=1S/C14H22N2O2S/c1-19-10-6-2-5-9-16-14(17)11-18-13-8-4-3-7-12(13)15/h3-4,7-8H,2,5-6,9-11,15H2,1H3,(H,16,17). The maximum atomic E-state index is 11.5. The van der Waals surface area contributed by atoms with Gasteiger partial charge < -0.3 is 15.8 Å². The molecule has 1 aromatic carbocycles. The molecule has 0 aromatic heterocycles. The van der Waals surface area contributed by atoms with E-state index in [-0.39, 0.29) is 12.5 Å². The van der Waals surface area contributed by atoms with Crippen LogP contribution in [-0.2, 0) is 4.79 Å². The lowest BCUT2D eigenvalue weighted by Crippen LogP contribution is -2.29. The van der Waals surface area contributed by atoms with Gasteiger partial charge in [-0.05, 0) is 37.0 Å². The van der Waals surface area contributed by atoms with Crippen molar-refractivity contribution in [2.75, 3.05) is 30.9 Å². The molecule has 0 aliphatic carbocycles. The maximum absolute atomic E-state index is 11.5. The van der Waals surface area contributed by atoms with Gasteiger partial charge in [-0.3, -0.25) is 4.79 Å². The van der Waals surface area contributed by atoms with Crippen LogP contribution in [0, 0.1) is 0 Å². The Morgan fingerprint density at radius 2 is 2.11 bits per heavy atom. The van der Waals surface area contributed by atoms with E-state index in [0.29, 0.717) is 18.0 Å². The van der Waals surface area contributed by atoms with Crippen molar-refractivity contribution in [3.05, 3.63) is 24.3 Å². The molecule has 0 fully saturated rings. The van der Waals surface area contributed by atoms with Crippen molar-refractivity contribution in [2.24, 2.45) is 0 Å². The molecule has 0 atom stereocenters. The van der Waals surface area contributed by atoms with Crippen molar-refractivity contribution in [3.63, 3.8) is 0 Å². The summed E-state index contributed by atoms with van der Waals surface area (Å²) in [6.45, 7) is 0.722. The summed E-state index contributed by atoms with van der Waals surface area (Å²) in [7, 11) is 0. The van der Waals surface area contributed by atoms with Crippen molar-refractivity contribution < 1.29 is 9.53 Å². The largest absolute Gasteiger partial charge is 0.482 e. The summed E-state index contributed by atoms with van der Waals surface area (Å²) in [6, 6.07) is 7.16. The number of rotatable bonds is 9. The molecule has 106 valence electrons. The van der Waals surface area contributed by atoms with Crippen LogP contribution >= 0.6 is 11.8 Å². The molecule has 0 unspecified atom stereocenters. The van der Waals surface area contributed by atoms with Crippen LogP contribution in [0.3, 0.4) is 0 Å². The molecule has 1 aromatic rings. The number of nitrogen functional groups attached to an aromatic ring is 1. The van der Waals surface area contributed by atoms with Gasteiger partial charge in [0.05, 0.1) is 5.69 Å². The molecule has 0 spiro atoms. The fraction of sp³-hybridized carbons (Fsp3) is 0.500. The molecule has 5 heteroatoms. The number of carbonyl (C=O) groups is 1. The lowest BCUT2D eigenvalue weighted by molar-refractivity contribution is -0.123. The summed E-state index contributed by atoms with van der Waals surface area (Å²) in [5, 5.41) is 2.84. The summed E-state index contributed by atoms with van der Waals surface area (Å²) in [5.74, 6) is 1.63. The van der Waals surface area contributed by atoms with E-state index in [1.54, 1.807) is 12.1 Å². The Kier molecular flexibility index (Phi) is 7.89. The molecule has 19 heavy (non-hydrogen) atoms. The summed E-state index contributed by atoms with van der Waals surface area (Å²) in [4.78, 5) is 11.5. The number of thioether (sulfide) groups is 1. The summed E-state index contributed by atoms with van der Waals surface area (Å²) in [6.07, 6.45) is 5.47. The molecule has 0 aliphatic rings. The third kappa shape index (κ3) is 6.96. The highest BCUT2D eigenvalue weighted by Crippen LogP contribution is 2.19. The summed E-state index contributed by atoms with van der Waals surface area (Å²) in [5.41, 5.74) is 6.26. The Morgan fingerprint density at radius 1 is 1.32 bits per heavy atom. The van der Waals surface area contributed by atoms with E-state index in [1.807, 2.05) is 23.9 Å². The number of hydrogen-bond donors (Lipinski definition) is 2. The molecule has 1 amide bonds. The Balaban J connectivity index is 2.10. The Labute approximate surface area is 119 Å². The normalized spacial score (nSPS) is 10.2. The summed E-state index contributed by atoms with van der Waals surface area (Å²) >= 11 is 1.85. The number of hydrogen-bond acceptors (Lipinski definition) is 4. The van der Waals surface area contributed by atoms with Gasteiger partial charge in [0.25, 0.3) is 5.91 Å². The number of benzene rings is 1. The second kappa shape index (κ2) is 9.55. The first-order chi connectivity index (χ1) is 9.24. The van der Waals surface area contributed by atoms with Gasteiger partial charge in [-0.15, -0.1) is 0 Å². The zero-order valence-corrected chi connectivity index (χ0v) is 12.2. The highest BCUT2D eigenvalue weighted by atomic mass is 32.2. The zero-order chi connectivity index (χ0) is 13.9. The van der Waals surface area contributed by atoms with Crippen LogP contribution < -0.4 is 15.8 Å². The smallest absolute Gasteiger partial charge is 0.257 e. The Hall–Kier alpha value is -1.36. The van der Waals surface area contributed by atoms with Crippen LogP contribution in [0.4, 0.5) is 5.69 Å². The van der Waals surface area contributed by atoms with E-state index in [2.05, 4.69) is 11.6 Å². The molecule has 0 radical (unpaired) electrons. The van der Waals surface area contributed by atoms with Crippen molar-refractivity contribution >= 4 is 23.4 Å². The fourth-order valence-electron chi connectivity index (χ4n) is 1.58. The zero-order valence-electron chi connectivity index (χ0n) is 11.4. The van der Waals surface area contributed by atoms with Gasteiger partial charge in [0.1, 0.15) is 5.75 Å². The molecule has 0 heterocycles. The van der Waals surface area contributed by atoms with Gasteiger partial charge in [0.15, 0.2) is 6.61 Å². The lowest BCUT2D eigenvalue weighted by atomic mass is 10.2. The van der Waals surface area contributed by atoms with Gasteiger partial charge in [-0.1, -0.05) is 18.6 Å². The minimum atomic E-state index is -0.104. The molecule has 1 rings (SSSR count). The first kappa shape index (κ1) is 15.7.